The Morgan fingerprint density at radius 2 is 1.65 bits per heavy atom. The topological polar surface area (TPSA) is 65.5 Å². The molecule has 1 aromatic heterocycles. The van der Waals surface area contributed by atoms with Gasteiger partial charge in [0.15, 0.2) is 0 Å². The van der Waals surface area contributed by atoms with Gasteiger partial charge in [-0.05, 0) is 42.0 Å². The van der Waals surface area contributed by atoms with E-state index in [0.717, 1.165) is 6.07 Å². The van der Waals surface area contributed by atoms with E-state index in [-0.39, 0.29) is 11.8 Å². The van der Waals surface area contributed by atoms with E-state index in [9.17, 15) is 22.8 Å². The SMILES string of the molecule is O=C(Nc1cccc(C(=O)N2CCN(Cc3cccc(C(F)(F)F)c3)CC2)c1)c1cccnc1. The van der Waals surface area contributed by atoms with Crippen LogP contribution in [-0.2, 0) is 12.7 Å². The van der Waals surface area contributed by atoms with E-state index < -0.39 is 11.7 Å². The molecular formula is C25H23F3N4O2. The van der Waals surface area contributed by atoms with E-state index in [2.05, 4.69) is 10.3 Å². The van der Waals surface area contributed by atoms with Gasteiger partial charge in [0, 0.05) is 56.4 Å². The number of amides is 2. The van der Waals surface area contributed by atoms with E-state index in [0.29, 0.717) is 55.1 Å². The Morgan fingerprint density at radius 1 is 0.912 bits per heavy atom. The molecule has 4 rings (SSSR count). The molecule has 3 aromatic rings. The van der Waals surface area contributed by atoms with Crippen LogP contribution in [0.4, 0.5) is 18.9 Å². The number of piperazine rings is 1. The van der Waals surface area contributed by atoms with Crippen molar-refractivity contribution >= 4 is 17.5 Å². The Hall–Kier alpha value is -3.72. The number of aromatic nitrogens is 1. The van der Waals surface area contributed by atoms with Crippen LogP contribution in [0, 0.1) is 0 Å². The summed E-state index contributed by atoms with van der Waals surface area (Å²) in [4.78, 5) is 33.0. The van der Waals surface area contributed by atoms with E-state index in [1.165, 1.54) is 18.3 Å². The molecule has 2 heterocycles. The molecule has 0 radical (unpaired) electrons. The van der Waals surface area contributed by atoms with Crippen molar-refractivity contribution in [3.8, 4) is 0 Å². The van der Waals surface area contributed by atoms with Crippen LogP contribution >= 0.6 is 0 Å². The Bertz CT molecular complexity index is 1160. The number of nitrogens with one attached hydrogen (secondary N) is 1. The van der Waals surface area contributed by atoms with Crippen molar-refractivity contribution in [2.24, 2.45) is 0 Å². The number of carbonyl (C=O) groups is 2. The van der Waals surface area contributed by atoms with Crippen molar-refractivity contribution in [1.82, 2.24) is 14.8 Å². The van der Waals surface area contributed by atoms with Crippen molar-refractivity contribution in [1.29, 1.82) is 0 Å². The molecule has 0 unspecified atom stereocenters. The Morgan fingerprint density at radius 3 is 2.35 bits per heavy atom. The molecule has 9 heteroatoms. The zero-order valence-electron chi connectivity index (χ0n) is 18.3. The van der Waals surface area contributed by atoms with Crippen LogP contribution in [-0.4, -0.2) is 52.8 Å². The molecule has 0 atom stereocenters. The number of anilines is 1. The lowest BCUT2D eigenvalue weighted by molar-refractivity contribution is -0.137. The van der Waals surface area contributed by atoms with E-state index in [1.807, 2.05) is 4.90 Å². The van der Waals surface area contributed by atoms with Crippen molar-refractivity contribution in [2.75, 3.05) is 31.5 Å². The number of hydrogen-bond donors (Lipinski definition) is 1. The summed E-state index contributed by atoms with van der Waals surface area (Å²) in [6, 6.07) is 15.4. The summed E-state index contributed by atoms with van der Waals surface area (Å²) in [6.45, 7) is 2.43. The standard InChI is InChI=1S/C25H23F3N4O2/c26-25(27,28)21-7-1-4-18(14-21)17-31-10-12-32(13-11-31)24(34)19-5-2-8-22(15-19)30-23(33)20-6-3-9-29-16-20/h1-9,14-16H,10-13,17H2,(H,30,33). The largest absolute Gasteiger partial charge is 0.416 e. The third-order valence-corrected chi connectivity index (χ3v) is 5.61. The maximum Gasteiger partial charge on any atom is 0.416 e. The van der Waals surface area contributed by atoms with Gasteiger partial charge in [-0.3, -0.25) is 19.5 Å². The molecule has 34 heavy (non-hydrogen) atoms. The van der Waals surface area contributed by atoms with Gasteiger partial charge < -0.3 is 10.2 Å². The zero-order chi connectivity index (χ0) is 24.1. The number of alkyl halides is 3. The fourth-order valence-corrected chi connectivity index (χ4v) is 3.83. The molecule has 0 spiro atoms. The fourth-order valence-electron chi connectivity index (χ4n) is 3.83. The van der Waals surface area contributed by atoms with E-state index >= 15 is 0 Å². The monoisotopic (exact) mass is 468 g/mol. The van der Waals surface area contributed by atoms with Crippen LogP contribution in [0.5, 0.6) is 0 Å². The van der Waals surface area contributed by atoms with Gasteiger partial charge in [0.25, 0.3) is 11.8 Å². The highest BCUT2D eigenvalue weighted by Gasteiger charge is 2.30. The van der Waals surface area contributed by atoms with Crippen molar-refractivity contribution in [3.63, 3.8) is 0 Å². The van der Waals surface area contributed by atoms with Crippen LogP contribution in [0.25, 0.3) is 0 Å². The van der Waals surface area contributed by atoms with Crippen LogP contribution in [0.2, 0.25) is 0 Å². The van der Waals surface area contributed by atoms with Crippen molar-refractivity contribution in [2.45, 2.75) is 12.7 Å². The molecular weight excluding hydrogens is 445 g/mol. The molecule has 0 aliphatic carbocycles. The maximum atomic E-state index is 13.0. The highest BCUT2D eigenvalue weighted by Crippen LogP contribution is 2.29. The third-order valence-electron chi connectivity index (χ3n) is 5.61. The molecule has 2 aromatic carbocycles. The van der Waals surface area contributed by atoms with Gasteiger partial charge in [-0.15, -0.1) is 0 Å². The molecule has 1 aliphatic rings. The minimum atomic E-state index is -4.37. The smallest absolute Gasteiger partial charge is 0.336 e. The van der Waals surface area contributed by atoms with Gasteiger partial charge in [-0.25, -0.2) is 0 Å². The summed E-state index contributed by atoms with van der Waals surface area (Å²) in [5.74, 6) is -0.475. The van der Waals surface area contributed by atoms with Gasteiger partial charge in [0.2, 0.25) is 0 Å². The molecule has 2 amide bonds. The summed E-state index contributed by atoms with van der Waals surface area (Å²) >= 11 is 0. The predicted molar refractivity (Wildman–Crippen MR) is 121 cm³/mol. The zero-order valence-corrected chi connectivity index (χ0v) is 18.3. The van der Waals surface area contributed by atoms with Crippen LogP contribution in [0.15, 0.2) is 73.1 Å². The average molecular weight is 468 g/mol. The van der Waals surface area contributed by atoms with Crippen molar-refractivity contribution < 1.29 is 22.8 Å². The Labute approximate surface area is 195 Å². The van der Waals surface area contributed by atoms with Gasteiger partial charge >= 0.3 is 6.18 Å². The first-order valence-corrected chi connectivity index (χ1v) is 10.8. The molecule has 1 N–H and O–H groups in total. The molecule has 6 nitrogen and oxygen atoms in total. The minimum Gasteiger partial charge on any atom is -0.336 e. The average Bonchev–Trinajstić information content (AvgIpc) is 2.84. The molecule has 0 bridgehead atoms. The number of pyridine rings is 1. The highest BCUT2D eigenvalue weighted by atomic mass is 19.4. The Balaban J connectivity index is 1.34. The van der Waals surface area contributed by atoms with Crippen LogP contribution in [0.1, 0.15) is 31.8 Å². The molecule has 176 valence electrons. The fraction of sp³-hybridized carbons (Fsp3) is 0.240. The van der Waals surface area contributed by atoms with Crippen LogP contribution < -0.4 is 5.32 Å². The summed E-state index contributed by atoms with van der Waals surface area (Å²) in [5.41, 5.74) is 1.30. The maximum absolute atomic E-state index is 13.0. The summed E-state index contributed by atoms with van der Waals surface area (Å²) in [6.07, 6.45) is -1.33. The second-order valence-electron chi connectivity index (χ2n) is 8.04. The number of halogens is 3. The first kappa shape index (κ1) is 23.4. The van der Waals surface area contributed by atoms with Gasteiger partial charge in [-0.1, -0.05) is 24.3 Å². The summed E-state index contributed by atoms with van der Waals surface area (Å²) in [7, 11) is 0. The first-order valence-electron chi connectivity index (χ1n) is 10.8. The lowest BCUT2D eigenvalue weighted by Crippen LogP contribution is -2.48. The number of hydrogen-bond acceptors (Lipinski definition) is 4. The number of benzene rings is 2. The lowest BCUT2D eigenvalue weighted by atomic mass is 10.1. The normalized spacial score (nSPS) is 14.6. The van der Waals surface area contributed by atoms with Crippen molar-refractivity contribution in [3.05, 3.63) is 95.3 Å². The predicted octanol–water partition coefficient (Wildman–Crippen LogP) is 4.31. The molecule has 1 aliphatic heterocycles. The van der Waals surface area contributed by atoms with Gasteiger partial charge in [0.05, 0.1) is 11.1 Å². The van der Waals surface area contributed by atoms with E-state index in [4.69, 9.17) is 0 Å². The second-order valence-corrected chi connectivity index (χ2v) is 8.04. The molecule has 0 saturated carbocycles. The van der Waals surface area contributed by atoms with E-state index in [1.54, 1.807) is 53.6 Å². The number of carbonyl (C=O) groups excluding carboxylic acids is 2. The second kappa shape index (κ2) is 10.0. The minimum absolute atomic E-state index is 0.156. The molecule has 1 saturated heterocycles. The number of rotatable bonds is 5. The highest BCUT2D eigenvalue weighted by molar-refractivity contribution is 6.04. The number of nitrogens with zero attached hydrogens (tertiary/aromatic N) is 3. The molecule has 1 fully saturated rings. The summed E-state index contributed by atoms with van der Waals surface area (Å²) in [5, 5.41) is 2.77. The quantitative estimate of drug-likeness (QED) is 0.606. The van der Waals surface area contributed by atoms with Gasteiger partial charge in [0.1, 0.15) is 0 Å². The summed E-state index contributed by atoms with van der Waals surface area (Å²) < 4.78 is 38.8. The Kier molecular flexibility index (Phi) is 6.93. The lowest BCUT2D eigenvalue weighted by Gasteiger charge is -2.35. The van der Waals surface area contributed by atoms with Crippen LogP contribution in [0.3, 0.4) is 0 Å². The third kappa shape index (κ3) is 5.79. The van der Waals surface area contributed by atoms with Gasteiger partial charge in [-0.2, -0.15) is 13.2 Å². The first-order chi connectivity index (χ1) is 16.3.